The molecule has 1 amide bonds. The van der Waals surface area contributed by atoms with Gasteiger partial charge in [-0.3, -0.25) is 14.8 Å². The largest absolute Gasteiger partial charge is 0.368 e. The molecule has 0 unspecified atom stereocenters. The molecule has 2 saturated heterocycles. The van der Waals surface area contributed by atoms with Crippen molar-refractivity contribution in [2.75, 3.05) is 38.1 Å². The molecule has 1 atom stereocenters. The van der Waals surface area contributed by atoms with Gasteiger partial charge >= 0.3 is 0 Å². The monoisotopic (exact) mass is 390 g/mol. The van der Waals surface area contributed by atoms with Crippen molar-refractivity contribution in [3.8, 4) is 6.07 Å². The number of likely N-dealkylation sites (tertiary alicyclic amines) is 1. The Labute approximate surface area is 170 Å². The summed E-state index contributed by atoms with van der Waals surface area (Å²) in [5, 5.41) is 12.7. The molecule has 1 aromatic carbocycles. The van der Waals surface area contributed by atoms with E-state index in [9.17, 15) is 10.1 Å². The summed E-state index contributed by atoms with van der Waals surface area (Å²) in [6.07, 6.45) is 7.56. The molecule has 0 radical (unpaired) electrons. The molecule has 7 nitrogen and oxygen atoms in total. The van der Waals surface area contributed by atoms with Crippen LogP contribution >= 0.6 is 0 Å². The zero-order valence-electron chi connectivity index (χ0n) is 16.8. The molecule has 29 heavy (non-hydrogen) atoms. The van der Waals surface area contributed by atoms with Gasteiger partial charge in [0.05, 0.1) is 17.2 Å². The highest BCUT2D eigenvalue weighted by Crippen LogP contribution is 2.57. The molecular weight excluding hydrogens is 364 g/mol. The molecule has 3 fully saturated rings. The number of hydrogen-bond acceptors (Lipinski definition) is 6. The summed E-state index contributed by atoms with van der Waals surface area (Å²) >= 11 is 0. The minimum Gasteiger partial charge on any atom is -0.368 e. The number of piperidine rings is 1. The van der Waals surface area contributed by atoms with Gasteiger partial charge in [0.15, 0.2) is 0 Å². The fourth-order valence-corrected chi connectivity index (χ4v) is 5.02. The van der Waals surface area contributed by atoms with Crippen molar-refractivity contribution in [1.82, 2.24) is 20.2 Å². The molecule has 1 N–H and O–H groups in total. The highest BCUT2D eigenvalue weighted by Gasteiger charge is 2.58. The Bertz CT molecular complexity index is 986. The van der Waals surface area contributed by atoms with E-state index in [0.717, 1.165) is 56.5 Å². The molecule has 1 spiro atoms. The molecule has 0 bridgehead atoms. The van der Waals surface area contributed by atoms with E-state index >= 15 is 0 Å². The van der Waals surface area contributed by atoms with Crippen LogP contribution in [0.25, 0.3) is 11.0 Å². The lowest BCUT2D eigenvalue weighted by atomic mass is 9.91. The first-order valence-corrected chi connectivity index (χ1v) is 10.5. The molecule has 1 aliphatic carbocycles. The van der Waals surface area contributed by atoms with Gasteiger partial charge in [0.2, 0.25) is 5.91 Å². The van der Waals surface area contributed by atoms with Crippen molar-refractivity contribution in [3.05, 3.63) is 30.1 Å². The number of nitrogens with one attached hydrogen (secondary N) is 1. The van der Waals surface area contributed by atoms with E-state index in [4.69, 9.17) is 0 Å². The SMILES string of the molecule is CN1CCC(NC(=O)[C@@H]2CN(c3ccc(C#N)c4nccnc34)CC23CC3)CC1. The van der Waals surface area contributed by atoms with Crippen molar-refractivity contribution in [1.29, 1.82) is 5.26 Å². The Kier molecular flexibility index (Phi) is 4.39. The van der Waals surface area contributed by atoms with Crippen LogP contribution in [0.2, 0.25) is 0 Å². The molecule has 2 aliphatic heterocycles. The number of fused-ring (bicyclic) bond motifs is 1. The number of carbonyl (C=O) groups is 1. The van der Waals surface area contributed by atoms with Crippen LogP contribution in [0.15, 0.2) is 24.5 Å². The predicted octanol–water partition coefficient (Wildman–Crippen LogP) is 1.93. The van der Waals surface area contributed by atoms with Crippen molar-refractivity contribution in [2.45, 2.75) is 31.7 Å². The Morgan fingerprint density at radius 2 is 1.93 bits per heavy atom. The molecule has 3 aliphatic rings. The highest BCUT2D eigenvalue weighted by molar-refractivity contribution is 5.93. The van der Waals surface area contributed by atoms with Crippen LogP contribution in [0.3, 0.4) is 0 Å². The number of nitrogens with zero attached hydrogens (tertiary/aromatic N) is 5. The summed E-state index contributed by atoms with van der Waals surface area (Å²) in [6, 6.07) is 6.28. The Morgan fingerprint density at radius 3 is 2.62 bits per heavy atom. The molecule has 7 heteroatoms. The summed E-state index contributed by atoms with van der Waals surface area (Å²) in [5.41, 5.74) is 3.00. The molecule has 1 saturated carbocycles. The number of benzene rings is 1. The van der Waals surface area contributed by atoms with Gasteiger partial charge in [0, 0.05) is 36.9 Å². The molecular formula is C22H26N6O. The lowest BCUT2D eigenvalue weighted by Crippen LogP contribution is -2.46. The van der Waals surface area contributed by atoms with Crippen LogP contribution < -0.4 is 10.2 Å². The number of aromatic nitrogens is 2. The Morgan fingerprint density at radius 1 is 1.21 bits per heavy atom. The second-order valence-electron chi connectivity index (χ2n) is 8.88. The Balaban J connectivity index is 1.38. The number of amides is 1. The summed E-state index contributed by atoms with van der Waals surface area (Å²) in [5.74, 6) is 0.230. The lowest BCUT2D eigenvalue weighted by molar-refractivity contribution is -0.126. The summed E-state index contributed by atoms with van der Waals surface area (Å²) in [4.78, 5) is 26.7. The predicted molar refractivity (Wildman–Crippen MR) is 110 cm³/mol. The average Bonchev–Trinajstić information content (AvgIpc) is 3.41. The summed E-state index contributed by atoms with van der Waals surface area (Å²) in [6.45, 7) is 3.66. The third-order valence-corrected chi connectivity index (χ3v) is 6.99. The zero-order valence-corrected chi connectivity index (χ0v) is 16.8. The highest BCUT2D eigenvalue weighted by atomic mass is 16.2. The average molecular weight is 390 g/mol. The molecule has 1 aromatic heterocycles. The van der Waals surface area contributed by atoms with Gasteiger partial charge in [-0.1, -0.05) is 0 Å². The van der Waals surface area contributed by atoms with Gasteiger partial charge in [-0.05, 0) is 58.0 Å². The molecule has 5 rings (SSSR count). The first-order valence-electron chi connectivity index (χ1n) is 10.5. The van der Waals surface area contributed by atoms with Crippen LogP contribution in [-0.2, 0) is 4.79 Å². The van der Waals surface area contributed by atoms with Crippen molar-refractivity contribution >= 4 is 22.6 Å². The standard InChI is InChI=1S/C22H26N6O/c1-27-10-4-16(5-11-27)26-21(29)17-13-28(14-22(17)6-7-22)18-3-2-15(12-23)19-20(18)25-9-8-24-19/h2-3,8-9,16-17H,4-7,10-11,13-14H2,1H3,(H,26,29)/t17-/m0/s1. The normalized spacial score (nSPS) is 24.0. The van der Waals surface area contributed by atoms with Crippen molar-refractivity contribution in [2.24, 2.45) is 11.3 Å². The van der Waals surface area contributed by atoms with E-state index < -0.39 is 0 Å². The van der Waals surface area contributed by atoms with E-state index in [2.05, 4.69) is 38.2 Å². The first-order chi connectivity index (χ1) is 14.1. The van der Waals surface area contributed by atoms with Gasteiger partial charge in [-0.2, -0.15) is 5.26 Å². The maximum atomic E-state index is 13.2. The van der Waals surface area contributed by atoms with Crippen LogP contribution in [0.1, 0.15) is 31.2 Å². The Hall–Kier alpha value is -2.72. The maximum Gasteiger partial charge on any atom is 0.225 e. The van der Waals surface area contributed by atoms with Gasteiger partial charge in [0.1, 0.15) is 17.1 Å². The minimum absolute atomic E-state index is 0.0181. The van der Waals surface area contributed by atoms with Crippen LogP contribution in [-0.4, -0.2) is 60.0 Å². The lowest BCUT2D eigenvalue weighted by Gasteiger charge is -2.30. The fourth-order valence-electron chi connectivity index (χ4n) is 5.02. The van der Waals surface area contributed by atoms with Gasteiger partial charge < -0.3 is 15.1 Å². The number of carbonyl (C=O) groups excluding carboxylic acids is 1. The number of nitriles is 1. The summed E-state index contributed by atoms with van der Waals surface area (Å²) in [7, 11) is 2.14. The second kappa shape index (κ2) is 6.96. The van der Waals surface area contributed by atoms with Crippen LogP contribution in [0.5, 0.6) is 0 Å². The molecule has 3 heterocycles. The minimum atomic E-state index is 0.0181. The molecule has 150 valence electrons. The maximum absolute atomic E-state index is 13.2. The summed E-state index contributed by atoms with van der Waals surface area (Å²) < 4.78 is 0. The first kappa shape index (κ1) is 18.3. The van der Waals surface area contributed by atoms with E-state index in [1.54, 1.807) is 12.4 Å². The second-order valence-corrected chi connectivity index (χ2v) is 8.88. The van der Waals surface area contributed by atoms with Gasteiger partial charge in [0.25, 0.3) is 0 Å². The van der Waals surface area contributed by atoms with Gasteiger partial charge in [-0.25, -0.2) is 0 Å². The third-order valence-electron chi connectivity index (χ3n) is 6.99. The van der Waals surface area contributed by atoms with E-state index in [-0.39, 0.29) is 17.2 Å². The number of anilines is 1. The van der Waals surface area contributed by atoms with Crippen molar-refractivity contribution in [3.63, 3.8) is 0 Å². The smallest absolute Gasteiger partial charge is 0.225 e. The van der Waals surface area contributed by atoms with E-state index in [0.29, 0.717) is 23.7 Å². The van der Waals surface area contributed by atoms with E-state index in [1.165, 1.54) is 0 Å². The quantitative estimate of drug-likeness (QED) is 0.862. The van der Waals surface area contributed by atoms with E-state index in [1.807, 2.05) is 12.1 Å². The topological polar surface area (TPSA) is 85.2 Å². The zero-order chi connectivity index (χ0) is 20.0. The molecule has 2 aromatic rings. The van der Waals surface area contributed by atoms with Crippen molar-refractivity contribution < 1.29 is 4.79 Å². The number of hydrogen-bond donors (Lipinski definition) is 1. The van der Waals surface area contributed by atoms with Gasteiger partial charge in [-0.15, -0.1) is 0 Å². The van der Waals surface area contributed by atoms with Crippen LogP contribution in [0.4, 0.5) is 5.69 Å². The van der Waals surface area contributed by atoms with Crippen LogP contribution in [0, 0.1) is 22.7 Å². The number of rotatable bonds is 3. The fraction of sp³-hybridized carbons (Fsp3) is 0.545. The third kappa shape index (κ3) is 3.22.